The Bertz CT molecular complexity index is 366. The summed E-state index contributed by atoms with van der Waals surface area (Å²) >= 11 is 12.2. The van der Waals surface area contributed by atoms with E-state index >= 15 is 0 Å². The molecule has 0 aliphatic heterocycles. The topological polar surface area (TPSA) is 12.0 Å². The van der Waals surface area contributed by atoms with Gasteiger partial charge < -0.3 is 5.32 Å². The Morgan fingerprint density at radius 1 is 1.22 bits per heavy atom. The van der Waals surface area contributed by atoms with Crippen LogP contribution in [0.25, 0.3) is 0 Å². The van der Waals surface area contributed by atoms with E-state index in [-0.39, 0.29) is 0 Å². The van der Waals surface area contributed by atoms with Gasteiger partial charge in [-0.2, -0.15) is 0 Å². The minimum Gasteiger partial charge on any atom is -0.314 e. The monoisotopic (exact) mass is 287 g/mol. The van der Waals surface area contributed by atoms with Gasteiger partial charge in [0.1, 0.15) is 0 Å². The Balaban J connectivity index is 2.48. The van der Waals surface area contributed by atoms with Crippen LogP contribution in [0.3, 0.4) is 0 Å². The van der Waals surface area contributed by atoms with Gasteiger partial charge in [-0.1, -0.05) is 37.0 Å². The van der Waals surface area contributed by atoms with Crippen LogP contribution in [0.15, 0.2) is 18.2 Å². The Hall–Kier alpha value is -0.240. The van der Waals surface area contributed by atoms with Gasteiger partial charge in [0.2, 0.25) is 0 Å². The first-order valence-corrected chi connectivity index (χ1v) is 7.45. The first-order chi connectivity index (χ1) is 8.52. The number of benzene rings is 1. The summed E-state index contributed by atoms with van der Waals surface area (Å²) in [6, 6.07) is 6.25. The van der Waals surface area contributed by atoms with Crippen LogP contribution in [0.2, 0.25) is 10.0 Å². The summed E-state index contributed by atoms with van der Waals surface area (Å²) < 4.78 is 0. The second kappa shape index (κ2) is 8.04. The van der Waals surface area contributed by atoms with E-state index < -0.39 is 0 Å². The van der Waals surface area contributed by atoms with Gasteiger partial charge in [0, 0.05) is 16.1 Å². The molecule has 2 unspecified atom stereocenters. The Morgan fingerprint density at radius 2 is 1.94 bits per heavy atom. The molecule has 3 heteroatoms. The summed E-state index contributed by atoms with van der Waals surface area (Å²) in [5.74, 6) is 0.598. The molecule has 1 aromatic carbocycles. The predicted octanol–water partition coefficient (Wildman–Crippen LogP) is 4.95. The number of halogens is 2. The first kappa shape index (κ1) is 15.8. The molecule has 0 radical (unpaired) electrons. The molecule has 1 rings (SSSR count). The Labute approximate surface area is 121 Å². The van der Waals surface area contributed by atoms with E-state index in [2.05, 4.69) is 26.1 Å². The van der Waals surface area contributed by atoms with Crippen molar-refractivity contribution < 1.29 is 0 Å². The Morgan fingerprint density at radius 3 is 2.61 bits per heavy atom. The molecule has 0 heterocycles. The maximum absolute atomic E-state index is 6.19. The molecule has 0 aliphatic rings. The van der Waals surface area contributed by atoms with E-state index in [1.807, 2.05) is 18.2 Å². The van der Waals surface area contributed by atoms with Crippen LogP contribution in [0.4, 0.5) is 0 Å². The molecule has 2 atom stereocenters. The van der Waals surface area contributed by atoms with Crippen molar-refractivity contribution in [1.29, 1.82) is 0 Å². The molecule has 18 heavy (non-hydrogen) atoms. The second-order valence-corrected chi connectivity index (χ2v) is 5.98. The molecule has 0 spiro atoms. The van der Waals surface area contributed by atoms with E-state index in [1.165, 1.54) is 6.42 Å². The van der Waals surface area contributed by atoms with Gasteiger partial charge in [0.05, 0.1) is 0 Å². The molecule has 0 saturated carbocycles. The number of nitrogens with one attached hydrogen (secondary N) is 1. The lowest BCUT2D eigenvalue weighted by Crippen LogP contribution is -2.28. The minimum absolute atomic E-state index is 0.554. The van der Waals surface area contributed by atoms with E-state index in [1.54, 1.807) is 0 Å². The zero-order chi connectivity index (χ0) is 13.5. The van der Waals surface area contributed by atoms with Crippen LogP contribution >= 0.6 is 23.2 Å². The highest BCUT2D eigenvalue weighted by molar-refractivity contribution is 6.33. The highest BCUT2D eigenvalue weighted by Crippen LogP contribution is 2.24. The fraction of sp³-hybridized carbons (Fsp3) is 0.600. The van der Waals surface area contributed by atoms with Crippen LogP contribution in [0.5, 0.6) is 0 Å². The van der Waals surface area contributed by atoms with Crippen molar-refractivity contribution in [1.82, 2.24) is 5.32 Å². The van der Waals surface area contributed by atoms with Crippen LogP contribution in [-0.4, -0.2) is 12.6 Å². The van der Waals surface area contributed by atoms with Gasteiger partial charge in [0.15, 0.2) is 0 Å². The molecule has 0 fully saturated rings. The van der Waals surface area contributed by atoms with Crippen LogP contribution in [0.1, 0.15) is 39.2 Å². The van der Waals surface area contributed by atoms with Crippen molar-refractivity contribution in [2.24, 2.45) is 5.92 Å². The average Bonchev–Trinajstić information content (AvgIpc) is 2.31. The van der Waals surface area contributed by atoms with Crippen molar-refractivity contribution >= 4 is 23.2 Å². The molecule has 1 aromatic rings. The number of hydrogen-bond donors (Lipinski definition) is 1. The molecule has 0 amide bonds. The fourth-order valence-electron chi connectivity index (χ4n) is 2.24. The zero-order valence-electron chi connectivity index (χ0n) is 11.5. The maximum Gasteiger partial charge on any atom is 0.0439 e. The van der Waals surface area contributed by atoms with Crippen molar-refractivity contribution in [2.75, 3.05) is 6.54 Å². The van der Waals surface area contributed by atoms with Gasteiger partial charge in [0.25, 0.3) is 0 Å². The molecular weight excluding hydrogens is 265 g/mol. The molecule has 1 nitrogen and oxygen atoms in total. The maximum atomic E-state index is 6.19. The third kappa shape index (κ3) is 5.60. The lowest BCUT2D eigenvalue weighted by Gasteiger charge is -2.19. The molecule has 0 saturated heterocycles. The van der Waals surface area contributed by atoms with Crippen molar-refractivity contribution in [3.8, 4) is 0 Å². The van der Waals surface area contributed by atoms with Crippen molar-refractivity contribution in [3.05, 3.63) is 33.8 Å². The molecule has 0 aliphatic carbocycles. The van der Waals surface area contributed by atoms with E-state index in [9.17, 15) is 0 Å². The van der Waals surface area contributed by atoms with Crippen LogP contribution in [0, 0.1) is 5.92 Å². The number of rotatable bonds is 7. The van der Waals surface area contributed by atoms with Gasteiger partial charge in [-0.25, -0.2) is 0 Å². The van der Waals surface area contributed by atoms with Crippen LogP contribution in [-0.2, 0) is 6.42 Å². The van der Waals surface area contributed by atoms with Gasteiger partial charge >= 0.3 is 0 Å². The molecule has 1 N–H and O–H groups in total. The predicted molar refractivity (Wildman–Crippen MR) is 81.7 cm³/mol. The first-order valence-electron chi connectivity index (χ1n) is 6.70. The Kier molecular flexibility index (Phi) is 7.06. The molecule has 0 bridgehead atoms. The van der Waals surface area contributed by atoms with Crippen molar-refractivity contribution in [3.63, 3.8) is 0 Å². The molecule has 0 aromatic heterocycles. The zero-order valence-corrected chi connectivity index (χ0v) is 13.0. The fourth-order valence-corrected chi connectivity index (χ4v) is 2.63. The summed E-state index contributed by atoms with van der Waals surface area (Å²) in [6.07, 6.45) is 3.32. The van der Waals surface area contributed by atoms with Gasteiger partial charge in [-0.15, -0.1) is 0 Å². The quantitative estimate of drug-likeness (QED) is 0.748. The minimum atomic E-state index is 0.554. The third-order valence-corrected chi connectivity index (χ3v) is 3.68. The average molecular weight is 288 g/mol. The second-order valence-electron chi connectivity index (χ2n) is 5.14. The largest absolute Gasteiger partial charge is 0.314 e. The van der Waals surface area contributed by atoms with Gasteiger partial charge in [-0.3, -0.25) is 0 Å². The van der Waals surface area contributed by atoms with Crippen LogP contribution < -0.4 is 5.32 Å². The standard InChI is InChI=1S/C15H23Cl2N/c1-4-7-18-12(3)8-11(2)9-13-10-14(16)5-6-15(13)17/h5-6,10-12,18H,4,7-9H2,1-3H3. The SMILES string of the molecule is CCCNC(C)CC(C)Cc1cc(Cl)ccc1Cl. The summed E-state index contributed by atoms with van der Waals surface area (Å²) in [7, 11) is 0. The van der Waals surface area contributed by atoms with Gasteiger partial charge in [-0.05, 0) is 62.4 Å². The lowest BCUT2D eigenvalue weighted by atomic mass is 9.95. The molecular formula is C15H23Cl2N. The third-order valence-electron chi connectivity index (χ3n) is 3.07. The van der Waals surface area contributed by atoms with E-state index in [0.29, 0.717) is 12.0 Å². The summed E-state index contributed by atoms with van der Waals surface area (Å²) in [6.45, 7) is 7.79. The smallest absolute Gasteiger partial charge is 0.0439 e. The van der Waals surface area contributed by atoms with E-state index in [0.717, 1.165) is 35.0 Å². The lowest BCUT2D eigenvalue weighted by molar-refractivity contribution is 0.420. The summed E-state index contributed by atoms with van der Waals surface area (Å²) in [5.41, 5.74) is 1.15. The summed E-state index contributed by atoms with van der Waals surface area (Å²) in [5, 5.41) is 5.10. The molecule has 102 valence electrons. The highest BCUT2D eigenvalue weighted by Gasteiger charge is 2.11. The van der Waals surface area contributed by atoms with Crippen molar-refractivity contribution in [2.45, 2.75) is 46.1 Å². The van der Waals surface area contributed by atoms with E-state index in [4.69, 9.17) is 23.2 Å². The number of hydrogen-bond acceptors (Lipinski definition) is 1. The summed E-state index contributed by atoms with van der Waals surface area (Å²) in [4.78, 5) is 0. The normalized spacial score (nSPS) is 14.5. The highest BCUT2D eigenvalue weighted by atomic mass is 35.5.